The highest BCUT2D eigenvalue weighted by Gasteiger charge is 2.15. The lowest BCUT2D eigenvalue weighted by Gasteiger charge is -2.10. The highest BCUT2D eigenvalue weighted by Crippen LogP contribution is 2.34. The van der Waals surface area contributed by atoms with Gasteiger partial charge < -0.3 is 20.2 Å². The fourth-order valence-corrected chi connectivity index (χ4v) is 3.09. The van der Waals surface area contributed by atoms with Crippen LogP contribution < -0.4 is 10.6 Å². The molecule has 0 saturated heterocycles. The van der Waals surface area contributed by atoms with Gasteiger partial charge >= 0.3 is 0 Å². The number of anilines is 1. The Morgan fingerprint density at radius 1 is 1.26 bits per heavy atom. The molecule has 3 rings (SSSR count). The molecular formula is C20H21N3O3S. The second kappa shape index (κ2) is 7.75. The Labute approximate surface area is 162 Å². The van der Waals surface area contributed by atoms with E-state index in [0.717, 1.165) is 23.1 Å². The lowest BCUT2D eigenvalue weighted by molar-refractivity contribution is -0.119. The standard InChI is InChI=1S/C20H21N3O3S/c1-4-5-17(25)23-20(27)21-13-6-7-14(16(24)10-13)19-22-15-9-11(2)8-12(3)18(15)26-19/h6-10,24H,4-5H2,1-3H3,(H2,21,23,25,27). The molecule has 1 amide bonds. The molecule has 0 atom stereocenters. The third kappa shape index (κ3) is 4.25. The maximum Gasteiger partial charge on any atom is 0.231 e. The number of carbonyl (C=O) groups excluding carboxylic acids is 1. The van der Waals surface area contributed by atoms with E-state index in [9.17, 15) is 9.90 Å². The van der Waals surface area contributed by atoms with Crippen molar-refractivity contribution in [3.05, 3.63) is 41.5 Å². The molecule has 0 saturated carbocycles. The fraction of sp³-hybridized carbons (Fsp3) is 0.250. The van der Waals surface area contributed by atoms with Gasteiger partial charge in [0, 0.05) is 18.2 Å². The molecule has 27 heavy (non-hydrogen) atoms. The highest BCUT2D eigenvalue weighted by molar-refractivity contribution is 7.80. The number of hydrogen-bond acceptors (Lipinski definition) is 5. The van der Waals surface area contributed by atoms with Crippen molar-refractivity contribution in [2.45, 2.75) is 33.6 Å². The molecule has 6 nitrogen and oxygen atoms in total. The van der Waals surface area contributed by atoms with Gasteiger partial charge in [-0.3, -0.25) is 4.79 Å². The zero-order valence-corrected chi connectivity index (χ0v) is 16.2. The van der Waals surface area contributed by atoms with Crippen LogP contribution in [0.2, 0.25) is 0 Å². The molecule has 1 heterocycles. The highest BCUT2D eigenvalue weighted by atomic mass is 32.1. The lowest BCUT2D eigenvalue weighted by Crippen LogP contribution is -2.33. The van der Waals surface area contributed by atoms with E-state index in [1.165, 1.54) is 6.07 Å². The molecule has 0 aliphatic rings. The van der Waals surface area contributed by atoms with Crippen LogP contribution >= 0.6 is 12.2 Å². The van der Waals surface area contributed by atoms with E-state index in [2.05, 4.69) is 15.6 Å². The van der Waals surface area contributed by atoms with Gasteiger partial charge in [0.25, 0.3) is 0 Å². The third-order valence-corrected chi connectivity index (χ3v) is 4.24. The fourth-order valence-electron chi connectivity index (χ4n) is 2.86. The van der Waals surface area contributed by atoms with E-state index < -0.39 is 0 Å². The largest absolute Gasteiger partial charge is 0.507 e. The minimum Gasteiger partial charge on any atom is -0.507 e. The van der Waals surface area contributed by atoms with Gasteiger partial charge in [0.1, 0.15) is 11.3 Å². The van der Waals surface area contributed by atoms with Crippen molar-refractivity contribution in [3.8, 4) is 17.2 Å². The summed E-state index contributed by atoms with van der Waals surface area (Å²) in [6, 6.07) is 8.92. The van der Waals surface area contributed by atoms with Gasteiger partial charge in [-0.2, -0.15) is 0 Å². The maximum atomic E-state index is 11.6. The van der Waals surface area contributed by atoms with Crippen LogP contribution in [0.25, 0.3) is 22.6 Å². The smallest absolute Gasteiger partial charge is 0.231 e. The number of fused-ring (bicyclic) bond motifs is 1. The molecule has 3 aromatic rings. The summed E-state index contributed by atoms with van der Waals surface area (Å²) >= 11 is 5.11. The van der Waals surface area contributed by atoms with Gasteiger partial charge in [-0.15, -0.1) is 0 Å². The Kier molecular flexibility index (Phi) is 5.41. The number of rotatable bonds is 4. The number of nitrogens with zero attached hydrogens (tertiary/aromatic N) is 1. The minimum absolute atomic E-state index is 0.00335. The predicted octanol–water partition coefficient (Wildman–Crippen LogP) is 4.43. The third-order valence-electron chi connectivity index (χ3n) is 4.04. The van der Waals surface area contributed by atoms with Crippen molar-refractivity contribution < 1.29 is 14.3 Å². The molecule has 7 heteroatoms. The summed E-state index contributed by atoms with van der Waals surface area (Å²) in [5.41, 5.74) is 4.59. The number of phenolic OH excluding ortho intramolecular Hbond substituents is 1. The van der Waals surface area contributed by atoms with E-state index in [4.69, 9.17) is 16.6 Å². The summed E-state index contributed by atoms with van der Waals surface area (Å²) in [5.74, 6) is 0.207. The molecule has 0 aliphatic carbocycles. The zero-order valence-electron chi connectivity index (χ0n) is 15.4. The molecule has 2 aromatic carbocycles. The monoisotopic (exact) mass is 383 g/mol. The van der Waals surface area contributed by atoms with Crippen LogP contribution in [0.4, 0.5) is 5.69 Å². The molecule has 0 fully saturated rings. The van der Waals surface area contributed by atoms with Crippen molar-refractivity contribution in [1.82, 2.24) is 10.3 Å². The topological polar surface area (TPSA) is 87.4 Å². The number of phenols is 1. The first kappa shape index (κ1) is 18.8. The lowest BCUT2D eigenvalue weighted by atomic mass is 10.1. The Bertz CT molecular complexity index is 1030. The number of amides is 1. The average Bonchev–Trinajstić information content (AvgIpc) is 2.98. The second-order valence-corrected chi connectivity index (χ2v) is 6.84. The Hall–Kier alpha value is -2.93. The summed E-state index contributed by atoms with van der Waals surface area (Å²) in [6.45, 7) is 5.88. The number of thiocarbonyl (C=S) groups is 1. The van der Waals surface area contributed by atoms with Gasteiger partial charge in [-0.25, -0.2) is 4.98 Å². The maximum absolute atomic E-state index is 11.6. The van der Waals surface area contributed by atoms with E-state index >= 15 is 0 Å². The Morgan fingerprint density at radius 2 is 2.04 bits per heavy atom. The molecule has 0 unspecified atom stereocenters. The van der Waals surface area contributed by atoms with Crippen LogP contribution in [-0.4, -0.2) is 21.1 Å². The zero-order chi connectivity index (χ0) is 19.6. The van der Waals surface area contributed by atoms with Crippen LogP contribution in [-0.2, 0) is 4.79 Å². The first-order valence-corrected chi connectivity index (χ1v) is 9.10. The predicted molar refractivity (Wildman–Crippen MR) is 110 cm³/mol. The van der Waals surface area contributed by atoms with Gasteiger partial charge in [0.05, 0.1) is 5.56 Å². The summed E-state index contributed by atoms with van der Waals surface area (Å²) in [4.78, 5) is 16.1. The van der Waals surface area contributed by atoms with Crippen LogP contribution in [0, 0.1) is 13.8 Å². The minimum atomic E-state index is -0.145. The van der Waals surface area contributed by atoms with Gasteiger partial charge in [0.15, 0.2) is 10.7 Å². The number of aromatic hydroxyl groups is 1. The Morgan fingerprint density at radius 3 is 2.74 bits per heavy atom. The SMILES string of the molecule is CCCC(=O)NC(=S)Nc1ccc(-c2nc3cc(C)cc(C)c3o2)c(O)c1. The van der Waals surface area contributed by atoms with E-state index in [0.29, 0.717) is 29.1 Å². The van der Waals surface area contributed by atoms with Crippen LogP contribution in [0.3, 0.4) is 0 Å². The van der Waals surface area contributed by atoms with Crippen LogP contribution in [0.15, 0.2) is 34.7 Å². The van der Waals surface area contributed by atoms with E-state index in [1.54, 1.807) is 12.1 Å². The molecule has 1 aromatic heterocycles. The molecule has 140 valence electrons. The van der Waals surface area contributed by atoms with Gasteiger partial charge in [0.2, 0.25) is 11.8 Å². The van der Waals surface area contributed by atoms with Crippen molar-refractivity contribution in [1.29, 1.82) is 0 Å². The van der Waals surface area contributed by atoms with E-state index in [1.807, 2.05) is 32.9 Å². The first-order valence-electron chi connectivity index (χ1n) is 8.69. The van der Waals surface area contributed by atoms with E-state index in [-0.39, 0.29) is 16.8 Å². The summed E-state index contributed by atoms with van der Waals surface area (Å²) in [7, 11) is 0. The number of nitrogens with one attached hydrogen (secondary N) is 2. The van der Waals surface area contributed by atoms with Crippen molar-refractivity contribution in [3.63, 3.8) is 0 Å². The molecule has 0 radical (unpaired) electrons. The molecular weight excluding hydrogens is 362 g/mol. The van der Waals surface area contributed by atoms with Crippen molar-refractivity contribution in [2.24, 2.45) is 0 Å². The Balaban J connectivity index is 1.82. The quantitative estimate of drug-likeness (QED) is 0.578. The number of carbonyl (C=O) groups is 1. The number of oxazole rings is 1. The molecule has 0 spiro atoms. The van der Waals surface area contributed by atoms with Crippen LogP contribution in [0.1, 0.15) is 30.9 Å². The first-order chi connectivity index (χ1) is 12.9. The van der Waals surface area contributed by atoms with Crippen molar-refractivity contribution in [2.75, 3.05) is 5.32 Å². The molecule has 0 aliphatic heterocycles. The van der Waals surface area contributed by atoms with Gasteiger partial charge in [-0.1, -0.05) is 13.0 Å². The summed E-state index contributed by atoms with van der Waals surface area (Å²) < 4.78 is 5.85. The number of aromatic nitrogens is 1. The summed E-state index contributed by atoms with van der Waals surface area (Å²) in [6.07, 6.45) is 1.15. The van der Waals surface area contributed by atoms with Crippen molar-refractivity contribution >= 4 is 40.0 Å². The number of hydrogen-bond donors (Lipinski definition) is 3. The van der Waals surface area contributed by atoms with Gasteiger partial charge in [-0.05, 0) is 61.8 Å². The normalized spacial score (nSPS) is 10.8. The summed E-state index contributed by atoms with van der Waals surface area (Å²) in [5, 5.41) is 16.1. The molecule has 3 N–H and O–H groups in total. The number of benzene rings is 2. The molecule has 0 bridgehead atoms. The second-order valence-electron chi connectivity index (χ2n) is 6.43. The average molecular weight is 383 g/mol. The number of aryl methyl sites for hydroxylation is 2. The van der Waals surface area contributed by atoms with Crippen LogP contribution in [0.5, 0.6) is 5.75 Å².